The van der Waals surface area contributed by atoms with Crippen molar-refractivity contribution in [2.75, 3.05) is 52.5 Å². The normalized spacial score (nSPS) is 18.0. The third-order valence-corrected chi connectivity index (χ3v) is 2.73. The first-order valence-electron chi connectivity index (χ1n) is 6.53. The summed E-state index contributed by atoms with van der Waals surface area (Å²) in [5.74, 6) is 0. The zero-order valence-electron chi connectivity index (χ0n) is 10.9. The molecule has 4 nitrogen and oxygen atoms in total. The largest absolute Gasteiger partial charge is 0.396 e. The minimum absolute atomic E-state index is 0.296. The lowest BCUT2D eigenvalue weighted by atomic mass is 10.2. The molecule has 98 valence electrons. The van der Waals surface area contributed by atoms with Crippen molar-refractivity contribution in [3.8, 4) is 0 Å². The molecular formula is C12H28N2O2. The van der Waals surface area contributed by atoms with Crippen LogP contribution in [0.4, 0.5) is 0 Å². The number of hydrogen-bond donors (Lipinski definition) is 2. The highest BCUT2D eigenvalue weighted by Crippen LogP contribution is 2.02. The first kappa shape index (κ1) is 15.8. The average molecular weight is 232 g/mol. The van der Waals surface area contributed by atoms with E-state index in [2.05, 4.69) is 9.80 Å². The van der Waals surface area contributed by atoms with E-state index >= 15 is 0 Å². The molecule has 0 aromatic heterocycles. The van der Waals surface area contributed by atoms with E-state index < -0.39 is 0 Å². The van der Waals surface area contributed by atoms with Crippen molar-refractivity contribution < 1.29 is 10.2 Å². The summed E-state index contributed by atoms with van der Waals surface area (Å²) in [6.45, 7) is 11.0. The Balaban J connectivity index is 0.00000106. The monoisotopic (exact) mass is 232 g/mol. The molecule has 16 heavy (non-hydrogen) atoms. The smallest absolute Gasteiger partial charge is 0.0443 e. The van der Waals surface area contributed by atoms with Gasteiger partial charge in [0.2, 0.25) is 0 Å². The van der Waals surface area contributed by atoms with Gasteiger partial charge in [0.05, 0.1) is 0 Å². The molecule has 0 amide bonds. The van der Waals surface area contributed by atoms with Gasteiger partial charge in [-0.1, -0.05) is 13.8 Å². The third-order valence-electron chi connectivity index (χ3n) is 2.73. The van der Waals surface area contributed by atoms with Crippen LogP contribution in [-0.4, -0.2) is 72.5 Å². The molecule has 1 heterocycles. The Morgan fingerprint density at radius 3 is 1.31 bits per heavy atom. The molecule has 0 radical (unpaired) electrons. The molecule has 2 N–H and O–H groups in total. The van der Waals surface area contributed by atoms with Crippen molar-refractivity contribution in [1.82, 2.24) is 9.80 Å². The first-order chi connectivity index (χ1) is 7.86. The molecule has 1 aliphatic heterocycles. The predicted molar refractivity (Wildman–Crippen MR) is 67.6 cm³/mol. The maximum Gasteiger partial charge on any atom is 0.0443 e. The standard InChI is InChI=1S/C10H22N2O2.C2H6/c13-9-1-3-11-5-7-12(8-6-11)4-2-10-14;1-2/h13-14H,1-10H2;1-2H3. The van der Waals surface area contributed by atoms with Gasteiger partial charge in [0.25, 0.3) is 0 Å². The Hall–Kier alpha value is -0.160. The Morgan fingerprint density at radius 1 is 0.750 bits per heavy atom. The average Bonchev–Trinajstić information content (AvgIpc) is 2.37. The van der Waals surface area contributed by atoms with E-state index in [1.165, 1.54) is 0 Å². The predicted octanol–water partition coefficient (Wildman–Crippen LogP) is 0.395. The van der Waals surface area contributed by atoms with Gasteiger partial charge in [0.1, 0.15) is 0 Å². The second-order valence-corrected chi connectivity index (χ2v) is 3.84. The Morgan fingerprint density at radius 2 is 1.06 bits per heavy atom. The Bertz CT molecular complexity index is 121. The molecule has 0 atom stereocenters. The molecule has 4 heteroatoms. The third kappa shape index (κ3) is 7.17. The summed E-state index contributed by atoms with van der Waals surface area (Å²) in [7, 11) is 0. The summed E-state index contributed by atoms with van der Waals surface area (Å²) in [6, 6.07) is 0. The fraction of sp³-hybridized carbons (Fsp3) is 1.00. The molecule has 0 aromatic rings. The van der Waals surface area contributed by atoms with Gasteiger partial charge in [-0.15, -0.1) is 0 Å². The molecule has 1 saturated heterocycles. The van der Waals surface area contributed by atoms with Gasteiger partial charge < -0.3 is 20.0 Å². The zero-order chi connectivity index (χ0) is 12.2. The van der Waals surface area contributed by atoms with Gasteiger partial charge in [-0.25, -0.2) is 0 Å². The van der Waals surface area contributed by atoms with E-state index in [1.54, 1.807) is 0 Å². The van der Waals surface area contributed by atoms with Crippen LogP contribution in [0.3, 0.4) is 0 Å². The number of nitrogens with zero attached hydrogens (tertiary/aromatic N) is 2. The van der Waals surface area contributed by atoms with Crippen molar-refractivity contribution in [2.45, 2.75) is 26.7 Å². The number of aliphatic hydroxyl groups excluding tert-OH is 2. The number of hydrogen-bond acceptors (Lipinski definition) is 4. The Kier molecular flexibility index (Phi) is 11.2. The summed E-state index contributed by atoms with van der Waals surface area (Å²) >= 11 is 0. The van der Waals surface area contributed by atoms with Crippen LogP contribution in [0.2, 0.25) is 0 Å². The highest BCUT2D eigenvalue weighted by molar-refractivity contribution is 4.71. The van der Waals surface area contributed by atoms with Crippen LogP contribution in [0.5, 0.6) is 0 Å². The lowest BCUT2D eigenvalue weighted by Gasteiger charge is -2.34. The van der Waals surface area contributed by atoms with Crippen LogP contribution < -0.4 is 0 Å². The van der Waals surface area contributed by atoms with E-state index in [0.717, 1.165) is 52.1 Å². The van der Waals surface area contributed by atoms with Crippen LogP contribution in [-0.2, 0) is 0 Å². The molecule has 0 bridgehead atoms. The number of rotatable bonds is 6. The molecule has 1 fully saturated rings. The van der Waals surface area contributed by atoms with Gasteiger partial charge in [-0.2, -0.15) is 0 Å². The molecule has 0 spiro atoms. The van der Waals surface area contributed by atoms with Crippen molar-refractivity contribution in [2.24, 2.45) is 0 Å². The highest BCUT2D eigenvalue weighted by atomic mass is 16.3. The second-order valence-electron chi connectivity index (χ2n) is 3.84. The van der Waals surface area contributed by atoms with Gasteiger partial charge in [-0.05, 0) is 12.8 Å². The van der Waals surface area contributed by atoms with Crippen molar-refractivity contribution in [3.05, 3.63) is 0 Å². The van der Waals surface area contributed by atoms with Crippen molar-refractivity contribution in [1.29, 1.82) is 0 Å². The van der Waals surface area contributed by atoms with Crippen LogP contribution >= 0.6 is 0 Å². The topological polar surface area (TPSA) is 46.9 Å². The summed E-state index contributed by atoms with van der Waals surface area (Å²) in [5.41, 5.74) is 0. The summed E-state index contributed by atoms with van der Waals surface area (Å²) < 4.78 is 0. The van der Waals surface area contributed by atoms with Crippen LogP contribution in [0.1, 0.15) is 26.7 Å². The fourth-order valence-electron chi connectivity index (χ4n) is 1.83. The number of piperazine rings is 1. The van der Waals surface area contributed by atoms with E-state index in [9.17, 15) is 0 Å². The quantitative estimate of drug-likeness (QED) is 0.696. The van der Waals surface area contributed by atoms with Crippen molar-refractivity contribution >= 4 is 0 Å². The summed E-state index contributed by atoms with van der Waals surface area (Å²) in [4.78, 5) is 4.79. The van der Waals surface area contributed by atoms with Crippen LogP contribution in [0.25, 0.3) is 0 Å². The van der Waals surface area contributed by atoms with Gasteiger partial charge >= 0.3 is 0 Å². The maximum absolute atomic E-state index is 8.70. The molecule has 1 aliphatic rings. The van der Waals surface area contributed by atoms with Crippen LogP contribution in [0, 0.1) is 0 Å². The Labute approximate surface area is 99.9 Å². The second kappa shape index (κ2) is 11.3. The molecule has 0 aliphatic carbocycles. The van der Waals surface area contributed by atoms with E-state index in [4.69, 9.17) is 10.2 Å². The van der Waals surface area contributed by atoms with E-state index in [0.29, 0.717) is 13.2 Å². The van der Waals surface area contributed by atoms with Crippen LogP contribution in [0.15, 0.2) is 0 Å². The van der Waals surface area contributed by atoms with Crippen molar-refractivity contribution in [3.63, 3.8) is 0 Å². The fourth-order valence-corrected chi connectivity index (χ4v) is 1.83. The van der Waals surface area contributed by atoms with Gasteiger partial charge in [-0.3, -0.25) is 0 Å². The highest BCUT2D eigenvalue weighted by Gasteiger charge is 2.15. The molecular weight excluding hydrogens is 204 g/mol. The lowest BCUT2D eigenvalue weighted by molar-refractivity contribution is 0.118. The molecule has 0 unspecified atom stereocenters. The van der Waals surface area contributed by atoms with E-state index in [-0.39, 0.29) is 0 Å². The minimum Gasteiger partial charge on any atom is -0.396 e. The molecule has 0 saturated carbocycles. The molecule has 0 aromatic carbocycles. The van der Waals surface area contributed by atoms with Gasteiger partial charge in [0.15, 0.2) is 0 Å². The summed E-state index contributed by atoms with van der Waals surface area (Å²) in [6.07, 6.45) is 1.77. The minimum atomic E-state index is 0.296. The zero-order valence-corrected chi connectivity index (χ0v) is 10.9. The lowest BCUT2D eigenvalue weighted by Crippen LogP contribution is -2.46. The first-order valence-corrected chi connectivity index (χ1v) is 6.53. The molecule has 1 rings (SSSR count). The number of aliphatic hydroxyl groups is 2. The maximum atomic E-state index is 8.70. The SMILES string of the molecule is CC.OCCCN1CCN(CCCO)CC1. The summed E-state index contributed by atoms with van der Waals surface area (Å²) in [5, 5.41) is 17.4. The van der Waals surface area contributed by atoms with E-state index in [1.807, 2.05) is 13.8 Å². The van der Waals surface area contributed by atoms with Gasteiger partial charge in [0, 0.05) is 52.5 Å².